The lowest BCUT2D eigenvalue weighted by molar-refractivity contribution is -0.384. The minimum Gasteiger partial charge on any atom is -0.457 e. The van der Waals surface area contributed by atoms with Crippen LogP contribution in [0.15, 0.2) is 51.7 Å². The summed E-state index contributed by atoms with van der Waals surface area (Å²) in [5, 5.41) is 16.9. The van der Waals surface area contributed by atoms with Crippen LogP contribution in [0.1, 0.15) is 22.8 Å². The van der Waals surface area contributed by atoms with Crippen molar-refractivity contribution in [2.24, 2.45) is 0 Å². The van der Waals surface area contributed by atoms with Gasteiger partial charge in [0.1, 0.15) is 17.9 Å². The summed E-state index contributed by atoms with van der Waals surface area (Å²) in [6, 6.07) is 9.70. The number of amides is 1. The molecule has 0 bridgehead atoms. The van der Waals surface area contributed by atoms with Crippen LogP contribution in [0.3, 0.4) is 0 Å². The number of nitrogens with zero attached hydrogens (tertiary/aromatic N) is 1. The van der Waals surface area contributed by atoms with E-state index in [1.54, 1.807) is 19.1 Å². The SMILES string of the molecule is CCOC(=O)Nc1ccc2c(COC(=O)c3ccc(NC)c([N+](=O)[O-])c3)cc(=O)oc2c1. The van der Waals surface area contributed by atoms with Crippen LogP contribution < -0.4 is 16.3 Å². The van der Waals surface area contributed by atoms with Crippen LogP contribution in [0.2, 0.25) is 0 Å². The maximum atomic E-state index is 12.4. The molecule has 1 aromatic heterocycles. The quantitative estimate of drug-likeness (QED) is 0.242. The van der Waals surface area contributed by atoms with E-state index in [0.717, 1.165) is 6.07 Å². The van der Waals surface area contributed by atoms with E-state index in [2.05, 4.69) is 10.6 Å². The smallest absolute Gasteiger partial charge is 0.411 e. The van der Waals surface area contributed by atoms with Crippen molar-refractivity contribution < 1.29 is 28.4 Å². The summed E-state index contributed by atoms with van der Waals surface area (Å²) >= 11 is 0. The predicted molar refractivity (Wildman–Crippen MR) is 115 cm³/mol. The standard InChI is InChI=1S/C21H19N3O8/c1-3-30-21(27)23-14-5-6-15-13(9-19(25)32-18(15)10-14)11-31-20(26)12-4-7-16(22-2)17(8-12)24(28)29/h4-10,22H,3,11H2,1-2H3,(H,23,27). The fourth-order valence-electron chi connectivity index (χ4n) is 2.96. The number of carbonyl (C=O) groups excluding carboxylic acids is 2. The average molecular weight is 441 g/mol. The van der Waals surface area contributed by atoms with Crippen molar-refractivity contribution in [3.05, 3.63) is 74.1 Å². The van der Waals surface area contributed by atoms with Gasteiger partial charge < -0.3 is 19.2 Å². The van der Waals surface area contributed by atoms with Crippen molar-refractivity contribution in [2.45, 2.75) is 13.5 Å². The van der Waals surface area contributed by atoms with Gasteiger partial charge in [0.05, 0.1) is 17.1 Å². The number of anilines is 2. The van der Waals surface area contributed by atoms with Gasteiger partial charge in [-0.25, -0.2) is 14.4 Å². The topological polar surface area (TPSA) is 150 Å². The van der Waals surface area contributed by atoms with Gasteiger partial charge in [-0.2, -0.15) is 0 Å². The highest BCUT2D eigenvalue weighted by Gasteiger charge is 2.18. The van der Waals surface area contributed by atoms with Crippen LogP contribution in [0.25, 0.3) is 11.0 Å². The van der Waals surface area contributed by atoms with Crippen molar-refractivity contribution in [2.75, 3.05) is 24.3 Å². The van der Waals surface area contributed by atoms with Crippen LogP contribution in [-0.2, 0) is 16.1 Å². The number of carbonyl (C=O) groups is 2. The van der Waals surface area contributed by atoms with Gasteiger partial charge in [0.15, 0.2) is 0 Å². The van der Waals surface area contributed by atoms with E-state index in [-0.39, 0.29) is 35.7 Å². The van der Waals surface area contributed by atoms with Gasteiger partial charge in [0.2, 0.25) is 0 Å². The Labute approximate surface area is 181 Å². The van der Waals surface area contributed by atoms with Gasteiger partial charge in [-0.05, 0) is 31.2 Å². The Morgan fingerprint density at radius 2 is 1.91 bits per heavy atom. The molecular formula is C21H19N3O8. The molecule has 11 nitrogen and oxygen atoms in total. The second-order valence-electron chi connectivity index (χ2n) is 6.46. The number of hydrogen-bond acceptors (Lipinski definition) is 9. The minimum atomic E-state index is -0.794. The van der Waals surface area contributed by atoms with Crippen LogP contribution in [0.4, 0.5) is 21.9 Å². The van der Waals surface area contributed by atoms with Crippen LogP contribution in [-0.4, -0.2) is 30.6 Å². The Morgan fingerprint density at radius 3 is 2.59 bits per heavy atom. The first kappa shape index (κ1) is 22.3. The Balaban J connectivity index is 1.82. The van der Waals surface area contributed by atoms with E-state index >= 15 is 0 Å². The molecule has 3 aromatic rings. The molecule has 0 atom stereocenters. The van der Waals surface area contributed by atoms with Crippen molar-refractivity contribution >= 4 is 40.1 Å². The largest absolute Gasteiger partial charge is 0.457 e. The van der Waals surface area contributed by atoms with Crippen LogP contribution >= 0.6 is 0 Å². The maximum Gasteiger partial charge on any atom is 0.411 e. The zero-order chi connectivity index (χ0) is 23.3. The predicted octanol–water partition coefficient (Wildman–Crippen LogP) is 3.67. The first-order chi connectivity index (χ1) is 15.3. The first-order valence-electron chi connectivity index (χ1n) is 9.46. The third-order valence-corrected chi connectivity index (χ3v) is 4.41. The fraction of sp³-hybridized carbons (Fsp3) is 0.190. The molecule has 2 aromatic carbocycles. The normalized spacial score (nSPS) is 10.4. The molecule has 0 radical (unpaired) electrons. The fourth-order valence-corrected chi connectivity index (χ4v) is 2.96. The van der Waals surface area contributed by atoms with Crippen LogP contribution in [0, 0.1) is 10.1 Å². The highest BCUT2D eigenvalue weighted by Crippen LogP contribution is 2.26. The Morgan fingerprint density at radius 1 is 1.12 bits per heavy atom. The Hall–Kier alpha value is -4.41. The van der Waals surface area contributed by atoms with E-state index in [1.165, 1.54) is 31.3 Å². The summed E-state index contributed by atoms with van der Waals surface area (Å²) in [5.74, 6) is -0.794. The summed E-state index contributed by atoms with van der Waals surface area (Å²) in [6.07, 6.45) is -0.655. The molecular weight excluding hydrogens is 422 g/mol. The lowest BCUT2D eigenvalue weighted by atomic mass is 10.1. The van der Waals surface area contributed by atoms with Crippen LogP contribution in [0.5, 0.6) is 0 Å². The van der Waals surface area contributed by atoms with E-state index in [0.29, 0.717) is 16.6 Å². The highest BCUT2D eigenvalue weighted by atomic mass is 16.6. The number of nitro groups is 1. The molecule has 1 heterocycles. The molecule has 0 spiro atoms. The molecule has 3 rings (SSSR count). The molecule has 0 aliphatic heterocycles. The summed E-state index contributed by atoms with van der Waals surface area (Å²) in [5.41, 5.74) is 0.195. The molecule has 0 fully saturated rings. The summed E-state index contributed by atoms with van der Waals surface area (Å²) in [6.45, 7) is 1.60. The number of esters is 1. The molecule has 0 aliphatic rings. The monoisotopic (exact) mass is 441 g/mol. The Kier molecular flexibility index (Phi) is 6.68. The van der Waals surface area contributed by atoms with Crippen molar-refractivity contribution in [1.82, 2.24) is 0 Å². The third-order valence-electron chi connectivity index (χ3n) is 4.41. The van der Waals surface area contributed by atoms with Gasteiger partial charge in [-0.3, -0.25) is 15.4 Å². The van der Waals surface area contributed by atoms with Gasteiger partial charge in [0, 0.05) is 41.9 Å². The number of hydrogen-bond donors (Lipinski definition) is 2. The number of nitrogens with one attached hydrogen (secondary N) is 2. The summed E-state index contributed by atoms with van der Waals surface area (Å²) in [7, 11) is 1.53. The molecule has 0 saturated heterocycles. The van der Waals surface area contributed by atoms with Crippen molar-refractivity contribution in [3.63, 3.8) is 0 Å². The first-order valence-corrected chi connectivity index (χ1v) is 9.46. The minimum absolute atomic E-state index is 0.0103. The van der Waals surface area contributed by atoms with Gasteiger partial charge in [0.25, 0.3) is 5.69 Å². The highest BCUT2D eigenvalue weighted by molar-refractivity contribution is 5.92. The molecule has 0 unspecified atom stereocenters. The van der Waals surface area contributed by atoms with Crippen molar-refractivity contribution in [3.8, 4) is 0 Å². The molecule has 1 amide bonds. The van der Waals surface area contributed by atoms with E-state index in [9.17, 15) is 24.5 Å². The summed E-state index contributed by atoms with van der Waals surface area (Å²) in [4.78, 5) is 46.5. The average Bonchev–Trinajstić information content (AvgIpc) is 2.76. The van der Waals surface area contributed by atoms with Gasteiger partial charge in [-0.15, -0.1) is 0 Å². The molecule has 0 aliphatic carbocycles. The number of fused-ring (bicyclic) bond motifs is 1. The zero-order valence-corrected chi connectivity index (χ0v) is 17.2. The molecule has 2 N–H and O–H groups in total. The number of rotatable bonds is 7. The van der Waals surface area contributed by atoms with E-state index < -0.39 is 22.6 Å². The van der Waals surface area contributed by atoms with E-state index in [4.69, 9.17) is 13.9 Å². The number of nitro benzene ring substituents is 1. The van der Waals surface area contributed by atoms with E-state index in [1.807, 2.05) is 0 Å². The molecule has 166 valence electrons. The summed E-state index contributed by atoms with van der Waals surface area (Å²) < 4.78 is 15.2. The molecule has 0 saturated carbocycles. The second kappa shape index (κ2) is 9.60. The zero-order valence-electron chi connectivity index (χ0n) is 17.2. The Bertz CT molecular complexity index is 1250. The molecule has 32 heavy (non-hydrogen) atoms. The third kappa shape index (κ3) is 5.01. The van der Waals surface area contributed by atoms with Crippen molar-refractivity contribution in [1.29, 1.82) is 0 Å². The number of benzene rings is 2. The van der Waals surface area contributed by atoms with Gasteiger partial charge in [-0.1, -0.05) is 0 Å². The lowest BCUT2D eigenvalue weighted by Crippen LogP contribution is -2.13. The second-order valence-corrected chi connectivity index (χ2v) is 6.46. The molecule has 11 heteroatoms. The maximum absolute atomic E-state index is 12.4. The van der Waals surface area contributed by atoms with Gasteiger partial charge >= 0.3 is 17.7 Å². The lowest BCUT2D eigenvalue weighted by Gasteiger charge is -2.10. The number of ether oxygens (including phenoxy) is 2.